The van der Waals surface area contributed by atoms with Crippen LogP contribution in [0, 0.1) is 5.92 Å². The Bertz CT molecular complexity index is 2100. The topological polar surface area (TPSA) is 178 Å². The number of aliphatic carboxylic acids is 1. The number of aromatic nitrogens is 1. The number of alkyl halides is 3. The molecule has 1 amide bonds. The molecule has 3 atom stereocenters. The van der Waals surface area contributed by atoms with Crippen LogP contribution in [0.3, 0.4) is 0 Å². The van der Waals surface area contributed by atoms with Gasteiger partial charge in [-0.3, -0.25) is 9.59 Å². The van der Waals surface area contributed by atoms with Crippen LogP contribution >= 0.6 is 11.6 Å². The predicted molar refractivity (Wildman–Crippen MR) is 192 cm³/mol. The number of sulfone groups is 1. The van der Waals surface area contributed by atoms with Crippen molar-refractivity contribution >= 4 is 61.6 Å². The number of fused-ring (bicyclic) bond motifs is 1. The van der Waals surface area contributed by atoms with Gasteiger partial charge in [-0.15, -0.1) is 0 Å². The first-order valence-electron chi connectivity index (χ1n) is 16.3. The molecule has 284 valence electrons. The van der Waals surface area contributed by atoms with Gasteiger partial charge in [-0.1, -0.05) is 35.9 Å². The Morgan fingerprint density at radius 2 is 1.77 bits per heavy atom. The first-order valence-corrected chi connectivity index (χ1v) is 18.2. The molecule has 1 fully saturated rings. The first kappa shape index (κ1) is 40.7. The van der Waals surface area contributed by atoms with Crippen LogP contribution < -0.4 is 15.8 Å². The molecule has 53 heavy (non-hydrogen) atoms. The fourth-order valence-electron chi connectivity index (χ4n) is 5.93. The van der Waals surface area contributed by atoms with Crippen LogP contribution in [0.25, 0.3) is 10.8 Å². The number of carbonyl (C=O) groups is 3. The number of esters is 1. The molecule has 1 aliphatic heterocycles. The quantitative estimate of drug-likeness (QED) is 0.148. The summed E-state index contributed by atoms with van der Waals surface area (Å²) >= 11 is 6.35. The van der Waals surface area contributed by atoms with Gasteiger partial charge in [0.15, 0.2) is 9.84 Å². The molecule has 0 spiro atoms. The van der Waals surface area contributed by atoms with Crippen molar-refractivity contribution in [3.63, 3.8) is 0 Å². The van der Waals surface area contributed by atoms with Crippen molar-refractivity contribution in [2.75, 3.05) is 31.3 Å². The maximum Gasteiger partial charge on any atom is 0.490 e. The molecular weight excluding hydrogens is 741 g/mol. The van der Waals surface area contributed by atoms with E-state index in [9.17, 15) is 31.2 Å². The molecule has 3 aromatic carbocycles. The Hall–Kier alpha value is -5.09. The van der Waals surface area contributed by atoms with Gasteiger partial charge in [-0.2, -0.15) is 13.2 Å². The number of nitrogens with zero attached hydrogens (tertiary/aromatic N) is 2. The predicted octanol–water partition coefficient (Wildman–Crippen LogP) is 6.60. The van der Waals surface area contributed by atoms with Gasteiger partial charge < -0.3 is 30.5 Å². The highest BCUT2D eigenvalue weighted by Gasteiger charge is 2.46. The van der Waals surface area contributed by atoms with E-state index in [-0.39, 0.29) is 24.0 Å². The van der Waals surface area contributed by atoms with Gasteiger partial charge in [0.2, 0.25) is 5.91 Å². The molecule has 1 saturated heterocycles. The van der Waals surface area contributed by atoms with Crippen molar-refractivity contribution in [3.05, 3.63) is 89.1 Å². The normalized spacial score (nSPS) is 16.4. The number of carbonyl (C=O) groups excluding carboxylic acids is 2. The third kappa shape index (κ3) is 9.11. The maximum atomic E-state index is 14.8. The van der Waals surface area contributed by atoms with Gasteiger partial charge in [-0.25, -0.2) is 18.2 Å². The van der Waals surface area contributed by atoms with E-state index in [1.807, 2.05) is 18.2 Å². The number of amides is 1. The molecule has 0 radical (unpaired) electrons. The number of nitrogen functional groups attached to an aromatic ring is 1. The average molecular weight is 779 g/mol. The second-order valence-corrected chi connectivity index (χ2v) is 15.0. The Balaban J connectivity index is 0.000000815. The van der Waals surface area contributed by atoms with E-state index < -0.39 is 51.2 Å². The van der Waals surface area contributed by atoms with Gasteiger partial charge >= 0.3 is 18.1 Å². The van der Waals surface area contributed by atoms with Crippen LogP contribution in [0.1, 0.15) is 50.4 Å². The van der Waals surface area contributed by atoms with E-state index in [0.717, 1.165) is 10.8 Å². The number of nitrogens with two attached hydrogens (primary N) is 1. The molecule has 0 unspecified atom stereocenters. The monoisotopic (exact) mass is 778 g/mol. The number of hydrogen-bond donors (Lipinski definition) is 3. The van der Waals surface area contributed by atoms with Crippen molar-refractivity contribution in [1.29, 1.82) is 0 Å². The van der Waals surface area contributed by atoms with Crippen LogP contribution in [-0.2, 0) is 29.0 Å². The zero-order valence-electron chi connectivity index (χ0n) is 29.1. The highest BCUT2D eigenvalue weighted by molar-refractivity contribution is 7.92. The number of likely N-dealkylation sites (tertiary alicyclic amines) is 1. The van der Waals surface area contributed by atoms with Crippen LogP contribution in [0.2, 0.25) is 5.02 Å². The summed E-state index contributed by atoms with van der Waals surface area (Å²) in [5.74, 6) is -3.62. The van der Waals surface area contributed by atoms with E-state index in [4.69, 9.17) is 36.7 Å². The van der Waals surface area contributed by atoms with Gasteiger partial charge in [-0.05, 0) is 86.2 Å². The van der Waals surface area contributed by atoms with E-state index in [2.05, 4.69) is 10.3 Å². The lowest BCUT2D eigenvalue weighted by Gasteiger charge is -2.33. The lowest BCUT2D eigenvalue weighted by molar-refractivity contribution is -0.192. The van der Waals surface area contributed by atoms with E-state index in [0.29, 0.717) is 39.8 Å². The number of anilines is 2. The van der Waals surface area contributed by atoms with Gasteiger partial charge in [0.1, 0.15) is 17.6 Å². The van der Waals surface area contributed by atoms with Crippen LogP contribution in [-0.4, -0.2) is 72.9 Å². The Labute approximate surface area is 309 Å². The summed E-state index contributed by atoms with van der Waals surface area (Å²) in [5, 5.41) is 11.8. The highest BCUT2D eigenvalue weighted by atomic mass is 35.5. The minimum Gasteiger partial charge on any atom is -0.495 e. The van der Waals surface area contributed by atoms with Crippen LogP contribution in [0.5, 0.6) is 5.75 Å². The molecule has 0 saturated carbocycles. The Kier molecular flexibility index (Phi) is 12.8. The second kappa shape index (κ2) is 16.7. The summed E-state index contributed by atoms with van der Waals surface area (Å²) in [6.45, 7) is 5.27. The second-order valence-electron chi connectivity index (χ2n) is 12.2. The molecule has 12 nitrogen and oxygen atoms in total. The average Bonchev–Trinajstić information content (AvgIpc) is 3.56. The zero-order chi connectivity index (χ0) is 39.2. The zero-order valence-corrected chi connectivity index (χ0v) is 30.6. The fraction of sp³-hybridized carbons (Fsp3) is 0.333. The lowest BCUT2D eigenvalue weighted by Crippen LogP contribution is -2.40. The number of rotatable bonds is 10. The summed E-state index contributed by atoms with van der Waals surface area (Å²) < 4.78 is 69.7. The largest absolute Gasteiger partial charge is 0.495 e. The van der Waals surface area contributed by atoms with Crippen molar-refractivity contribution in [2.45, 2.75) is 55.6 Å². The minimum atomic E-state index is -5.08. The summed E-state index contributed by atoms with van der Waals surface area (Å²) in [5.41, 5.74) is 7.63. The molecule has 0 bridgehead atoms. The third-order valence-electron chi connectivity index (χ3n) is 8.54. The fourth-order valence-corrected chi connectivity index (χ4v) is 7.41. The van der Waals surface area contributed by atoms with Crippen LogP contribution in [0.15, 0.2) is 77.8 Å². The SMILES string of the molecule is CCOC(=O)[C@H]1CCN(C(=O)[C@@H](Nc2ccc3c(N)nccc3c2)c2ccc(Cl)c(OC)c2)[C@H]1c1ccccc1S(=O)(=O)C(C)C.O=C(O)C(F)(F)F. The number of nitrogens with one attached hydrogen (secondary N) is 1. The molecule has 17 heteroatoms. The van der Waals surface area contributed by atoms with E-state index >= 15 is 0 Å². The first-order chi connectivity index (χ1) is 24.9. The van der Waals surface area contributed by atoms with Gasteiger partial charge in [0.05, 0.1) is 40.8 Å². The number of carboxylic acids is 1. The number of hydrogen-bond acceptors (Lipinski definition) is 10. The Morgan fingerprint density at radius 1 is 1.09 bits per heavy atom. The van der Waals surface area contributed by atoms with Crippen LogP contribution in [0.4, 0.5) is 24.7 Å². The number of methoxy groups -OCH3 is 1. The summed E-state index contributed by atoms with van der Waals surface area (Å²) in [7, 11) is -2.28. The highest BCUT2D eigenvalue weighted by Crippen LogP contribution is 2.43. The van der Waals surface area contributed by atoms with Crippen molar-refractivity contribution in [3.8, 4) is 5.75 Å². The molecule has 0 aliphatic carbocycles. The standard InChI is InChI=1S/C34H37ClN4O6S.C2HF3O2/c1-5-45-34(41)26-15-17-39(31(26)25-8-6-7-9-29(25)46(42,43)20(2)3)33(40)30(22-10-13-27(35)28(19-22)44-4)38-23-11-12-24-21(18-23)14-16-37-32(24)36;3-2(4,5)1(6)7/h6-14,16,18-20,26,30-31,38H,5,15,17H2,1-4H3,(H2,36,37);(H,6,7)/t26-,30-,31-;/m0./s1. The Morgan fingerprint density at radius 3 is 2.40 bits per heavy atom. The molecule has 2 heterocycles. The summed E-state index contributed by atoms with van der Waals surface area (Å²) in [6, 6.07) is 17.1. The molecular formula is C36H38ClF3N4O8S. The third-order valence-corrected chi connectivity index (χ3v) is 11.1. The van der Waals surface area contributed by atoms with Gasteiger partial charge in [0.25, 0.3) is 0 Å². The number of benzene rings is 3. The summed E-state index contributed by atoms with van der Waals surface area (Å²) in [4.78, 5) is 42.9. The molecule has 4 N–H and O–H groups in total. The lowest BCUT2D eigenvalue weighted by atomic mass is 9.93. The number of halogens is 4. The molecule has 1 aromatic heterocycles. The summed E-state index contributed by atoms with van der Waals surface area (Å²) in [6.07, 6.45) is -3.18. The van der Waals surface area contributed by atoms with Crippen molar-refractivity contribution in [2.24, 2.45) is 5.92 Å². The van der Waals surface area contributed by atoms with E-state index in [1.165, 1.54) is 13.2 Å². The van der Waals surface area contributed by atoms with Gasteiger partial charge in [0, 0.05) is 23.8 Å². The van der Waals surface area contributed by atoms with Crippen molar-refractivity contribution < 1.29 is 50.6 Å². The smallest absolute Gasteiger partial charge is 0.490 e. The molecule has 1 aliphatic rings. The van der Waals surface area contributed by atoms with E-state index in [1.54, 1.807) is 74.3 Å². The molecule has 5 rings (SSSR count). The van der Waals surface area contributed by atoms with Crippen molar-refractivity contribution in [1.82, 2.24) is 9.88 Å². The maximum absolute atomic E-state index is 14.8. The number of ether oxygens (including phenoxy) is 2. The number of pyridine rings is 1. The minimum absolute atomic E-state index is 0.0856. The number of carboxylic acid groups (broad SMARTS) is 1. The molecule has 4 aromatic rings.